The number of carbonyl (C=O) groups is 1. The van der Waals surface area contributed by atoms with Gasteiger partial charge in [-0.25, -0.2) is 4.98 Å². The van der Waals surface area contributed by atoms with E-state index < -0.39 is 8.32 Å². The van der Waals surface area contributed by atoms with Crippen molar-refractivity contribution in [1.29, 1.82) is 0 Å². The smallest absolute Gasteiger partial charge is 0.263 e. The number of carbonyl (C=O) groups excluding carboxylic acids is 1. The fourth-order valence-electron chi connectivity index (χ4n) is 5.56. The summed E-state index contributed by atoms with van der Waals surface area (Å²) >= 11 is 0. The molecule has 0 saturated carbocycles. The van der Waals surface area contributed by atoms with Crippen molar-refractivity contribution in [3.8, 4) is 11.5 Å². The first-order chi connectivity index (χ1) is 17.2. The topological polar surface area (TPSA) is 65.2 Å². The summed E-state index contributed by atoms with van der Waals surface area (Å²) in [6, 6.07) is 16.2. The molecule has 0 saturated heterocycles. The lowest BCUT2D eigenvalue weighted by Gasteiger charge is -2.45. The molecule has 194 valence electrons. The minimum Gasteiger partial charge on any atom is -0.432 e. The molecule has 6 heteroatoms. The summed E-state index contributed by atoms with van der Waals surface area (Å²) in [6.07, 6.45) is 7.34. The second-order valence-corrected chi connectivity index (χ2v) is 16.0. The molecule has 1 unspecified atom stereocenters. The zero-order valence-electron chi connectivity index (χ0n) is 22.7. The van der Waals surface area contributed by atoms with Gasteiger partial charge in [-0.1, -0.05) is 77.9 Å². The van der Waals surface area contributed by atoms with E-state index in [0.717, 1.165) is 25.7 Å². The fraction of sp³-hybridized carbons (Fsp3) is 0.500. The highest BCUT2D eigenvalue weighted by atomic mass is 28.4. The van der Waals surface area contributed by atoms with Crippen LogP contribution in [-0.4, -0.2) is 30.2 Å². The average molecular weight is 507 g/mol. The maximum absolute atomic E-state index is 12.9. The SMILES string of the molecule is CC(C)[Si](OC(CCCC(=O)c1ncc(-c2ccccn2)o1)CCc1ccccc1)(C(C)C)C(C)C. The van der Waals surface area contributed by atoms with Crippen molar-refractivity contribution < 1.29 is 13.6 Å². The molecule has 0 radical (unpaired) electrons. The van der Waals surface area contributed by atoms with Crippen LogP contribution in [0.3, 0.4) is 0 Å². The maximum atomic E-state index is 12.9. The number of hydrogen-bond donors (Lipinski definition) is 0. The number of oxazole rings is 1. The molecule has 0 aliphatic heterocycles. The van der Waals surface area contributed by atoms with Gasteiger partial charge in [0.1, 0.15) is 5.69 Å². The number of pyridine rings is 1. The van der Waals surface area contributed by atoms with Crippen molar-refractivity contribution in [3.05, 3.63) is 72.4 Å². The second kappa shape index (κ2) is 13.1. The number of benzene rings is 1. The van der Waals surface area contributed by atoms with E-state index in [0.29, 0.717) is 34.5 Å². The van der Waals surface area contributed by atoms with E-state index in [9.17, 15) is 4.79 Å². The van der Waals surface area contributed by atoms with E-state index in [-0.39, 0.29) is 17.8 Å². The molecule has 0 N–H and O–H groups in total. The number of nitrogens with zero attached hydrogens (tertiary/aromatic N) is 2. The van der Waals surface area contributed by atoms with Gasteiger partial charge in [-0.15, -0.1) is 0 Å². The number of aryl methyl sites for hydroxylation is 1. The molecule has 0 amide bonds. The zero-order valence-corrected chi connectivity index (χ0v) is 23.7. The molecule has 0 bridgehead atoms. The van der Waals surface area contributed by atoms with Crippen LogP contribution in [0.4, 0.5) is 0 Å². The molecular formula is C30H42N2O3Si. The minimum absolute atomic E-state index is 0.0703. The van der Waals surface area contributed by atoms with Gasteiger partial charge < -0.3 is 8.84 Å². The fourth-order valence-corrected chi connectivity index (χ4v) is 11.2. The predicted octanol–water partition coefficient (Wildman–Crippen LogP) is 8.28. The molecule has 2 heterocycles. The third-order valence-corrected chi connectivity index (χ3v) is 13.4. The first-order valence-corrected chi connectivity index (χ1v) is 15.5. The van der Waals surface area contributed by atoms with Gasteiger partial charge in [-0.3, -0.25) is 9.78 Å². The lowest BCUT2D eigenvalue weighted by Crippen LogP contribution is -2.50. The summed E-state index contributed by atoms with van der Waals surface area (Å²) < 4.78 is 12.9. The van der Waals surface area contributed by atoms with Gasteiger partial charge in [0, 0.05) is 18.7 Å². The van der Waals surface area contributed by atoms with Crippen LogP contribution in [-0.2, 0) is 10.8 Å². The number of aromatic nitrogens is 2. The maximum Gasteiger partial charge on any atom is 0.263 e. The Kier molecular flexibility index (Phi) is 10.2. The highest BCUT2D eigenvalue weighted by Crippen LogP contribution is 2.43. The van der Waals surface area contributed by atoms with E-state index in [1.165, 1.54) is 5.56 Å². The molecule has 0 aliphatic carbocycles. The number of ketones is 1. The van der Waals surface area contributed by atoms with E-state index in [2.05, 4.69) is 81.8 Å². The molecule has 36 heavy (non-hydrogen) atoms. The summed E-state index contributed by atoms with van der Waals surface area (Å²) in [7, 11) is -2.03. The first kappa shape index (κ1) is 28.0. The van der Waals surface area contributed by atoms with Crippen LogP contribution in [0.5, 0.6) is 0 Å². The predicted molar refractivity (Wildman–Crippen MR) is 149 cm³/mol. The molecule has 1 aromatic carbocycles. The largest absolute Gasteiger partial charge is 0.432 e. The monoisotopic (exact) mass is 506 g/mol. The molecule has 2 aromatic heterocycles. The van der Waals surface area contributed by atoms with Crippen molar-refractivity contribution in [2.24, 2.45) is 0 Å². The normalized spacial score (nSPS) is 13.0. The quantitative estimate of drug-likeness (QED) is 0.162. The molecular weight excluding hydrogens is 464 g/mol. The van der Waals surface area contributed by atoms with Crippen molar-refractivity contribution in [1.82, 2.24) is 9.97 Å². The summed E-state index contributed by atoms with van der Waals surface area (Å²) in [5.41, 5.74) is 3.58. The van der Waals surface area contributed by atoms with Crippen molar-refractivity contribution in [2.75, 3.05) is 0 Å². The average Bonchev–Trinajstić information content (AvgIpc) is 3.36. The molecule has 3 rings (SSSR count). The molecule has 1 atom stereocenters. The van der Waals surface area contributed by atoms with Crippen LogP contribution < -0.4 is 0 Å². The summed E-state index contributed by atoms with van der Waals surface area (Å²) in [5.74, 6) is 0.608. The van der Waals surface area contributed by atoms with Gasteiger partial charge in [0.05, 0.1) is 6.20 Å². The Labute approximate surface area is 217 Å². The summed E-state index contributed by atoms with van der Waals surface area (Å²) in [5, 5.41) is 0. The molecule has 0 spiro atoms. The first-order valence-electron chi connectivity index (χ1n) is 13.4. The van der Waals surface area contributed by atoms with Crippen LogP contribution >= 0.6 is 0 Å². The van der Waals surface area contributed by atoms with Gasteiger partial charge in [0.15, 0.2) is 5.76 Å². The van der Waals surface area contributed by atoms with Crippen LogP contribution in [0.15, 0.2) is 65.3 Å². The van der Waals surface area contributed by atoms with E-state index >= 15 is 0 Å². The Balaban J connectivity index is 1.67. The lowest BCUT2D eigenvalue weighted by molar-refractivity contribution is 0.0935. The second-order valence-electron chi connectivity index (χ2n) is 10.6. The van der Waals surface area contributed by atoms with E-state index in [4.69, 9.17) is 8.84 Å². The van der Waals surface area contributed by atoms with Crippen LogP contribution in [0, 0.1) is 0 Å². The standard InChI is InChI=1S/C30H42N2O3Si/c1-22(2)36(23(3)4,24(5)6)35-26(19-18-25-13-8-7-9-14-25)15-12-17-28(33)30-32-21-29(34-30)27-16-10-11-20-31-27/h7-11,13-14,16,20-24,26H,12,15,17-19H2,1-6H3. The molecule has 5 nitrogen and oxygen atoms in total. The molecule has 0 fully saturated rings. The van der Waals surface area contributed by atoms with E-state index in [1.807, 2.05) is 18.2 Å². The third-order valence-electron chi connectivity index (χ3n) is 7.27. The van der Waals surface area contributed by atoms with Gasteiger partial charge in [0.2, 0.25) is 14.1 Å². The van der Waals surface area contributed by atoms with Gasteiger partial charge in [-0.05, 0) is 60.0 Å². The Morgan fingerprint density at radius 2 is 1.56 bits per heavy atom. The van der Waals surface area contributed by atoms with Gasteiger partial charge in [0.25, 0.3) is 5.89 Å². The van der Waals surface area contributed by atoms with Crippen LogP contribution in [0.2, 0.25) is 16.6 Å². The Morgan fingerprint density at radius 3 is 2.17 bits per heavy atom. The van der Waals surface area contributed by atoms with Gasteiger partial charge >= 0.3 is 0 Å². The summed E-state index contributed by atoms with van der Waals surface area (Å²) in [6.45, 7) is 14.0. The van der Waals surface area contributed by atoms with Gasteiger partial charge in [-0.2, -0.15) is 0 Å². The zero-order chi connectivity index (χ0) is 26.1. The van der Waals surface area contributed by atoms with Crippen LogP contribution in [0.25, 0.3) is 11.5 Å². The number of hydrogen-bond acceptors (Lipinski definition) is 5. The third kappa shape index (κ3) is 7.01. The lowest BCUT2D eigenvalue weighted by atomic mass is 10.0. The molecule has 0 aliphatic rings. The van der Waals surface area contributed by atoms with E-state index in [1.54, 1.807) is 12.4 Å². The molecule has 3 aromatic rings. The van der Waals surface area contributed by atoms with Crippen molar-refractivity contribution in [2.45, 2.75) is 96.4 Å². The van der Waals surface area contributed by atoms with Crippen molar-refractivity contribution in [3.63, 3.8) is 0 Å². The van der Waals surface area contributed by atoms with Crippen LogP contribution in [0.1, 0.15) is 83.5 Å². The number of rotatable bonds is 14. The Bertz CT molecular complexity index is 1040. The minimum atomic E-state index is -2.03. The Morgan fingerprint density at radius 1 is 0.889 bits per heavy atom. The Hall–Kier alpha value is -2.57. The summed E-state index contributed by atoms with van der Waals surface area (Å²) in [4.78, 5) is 21.3. The number of Topliss-reactive ketones (excluding diaryl/α,β-unsaturated/α-hetero) is 1. The highest BCUT2D eigenvalue weighted by Gasteiger charge is 2.46. The highest BCUT2D eigenvalue weighted by molar-refractivity contribution is 6.77. The van der Waals surface area contributed by atoms with Crippen molar-refractivity contribution >= 4 is 14.1 Å².